The summed E-state index contributed by atoms with van der Waals surface area (Å²) < 4.78 is 3.97. The van der Waals surface area contributed by atoms with Crippen molar-refractivity contribution in [3.63, 3.8) is 0 Å². The first kappa shape index (κ1) is 14.1. The van der Waals surface area contributed by atoms with Crippen molar-refractivity contribution in [2.24, 2.45) is 0 Å². The van der Waals surface area contributed by atoms with E-state index in [1.165, 1.54) is 13.8 Å². The number of carbonyl (C=O) groups excluding carboxylic acids is 2. The summed E-state index contributed by atoms with van der Waals surface area (Å²) in [6.07, 6.45) is 0. The SMILES string of the molecule is CC(=O)OC(C)=O.[Cl][Fe]([Cl])[Cl]. The maximum atomic E-state index is 9.81. The van der Waals surface area contributed by atoms with E-state index in [0.717, 1.165) is 0 Å². The summed E-state index contributed by atoms with van der Waals surface area (Å²) in [5, 5.41) is 0. The van der Waals surface area contributed by atoms with E-state index in [9.17, 15) is 9.59 Å². The minimum atomic E-state index is -1.33. The molecular formula is C4H6Cl3FeO3. The van der Waals surface area contributed by atoms with Crippen LogP contribution in [0.1, 0.15) is 13.8 Å². The molecule has 0 saturated carbocycles. The third-order valence-corrected chi connectivity index (χ3v) is 0.287. The summed E-state index contributed by atoms with van der Waals surface area (Å²) >= 11 is -1.33. The van der Waals surface area contributed by atoms with Crippen molar-refractivity contribution in [3.05, 3.63) is 0 Å². The quantitative estimate of drug-likeness (QED) is 0.382. The first-order valence-corrected chi connectivity index (χ1v) is 6.78. The standard InChI is InChI=1S/C4H6O3.3ClH.Fe/c1-3(5)7-4(2)6;;;;/h1-2H3;3*1H;/q;;;;+3/p-3. The number of rotatable bonds is 0. The Morgan fingerprint density at radius 1 is 1.09 bits per heavy atom. The molecular weight excluding hydrogens is 258 g/mol. The molecule has 0 rings (SSSR count). The predicted octanol–water partition coefficient (Wildman–Crippen LogP) is 2.16. The monoisotopic (exact) mass is 263 g/mol. The number of hydrogen-bond donors (Lipinski definition) is 0. The molecule has 0 saturated heterocycles. The summed E-state index contributed by atoms with van der Waals surface area (Å²) in [5.74, 6) is -1.12. The van der Waals surface area contributed by atoms with Gasteiger partial charge >= 0.3 is 53.4 Å². The van der Waals surface area contributed by atoms with Crippen LogP contribution in [0.4, 0.5) is 0 Å². The van der Waals surface area contributed by atoms with Gasteiger partial charge in [-0.3, -0.25) is 9.59 Å². The normalized spacial score (nSPS) is 9.00. The van der Waals surface area contributed by atoms with Crippen LogP contribution in [0.2, 0.25) is 0 Å². The summed E-state index contributed by atoms with van der Waals surface area (Å²) in [7, 11) is 14.7. The van der Waals surface area contributed by atoms with Gasteiger partial charge < -0.3 is 4.74 Å². The third-order valence-electron chi connectivity index (χ3n) is 0.287. The number of ether oxygens (including phenoxy) is 1. The number of carbonyl (C=O) groups is 2. The molecule has 0 fully saturated rings. The molecule has 0 amide bonds. The third kappa shape index (κ3) is 37.3. The van der Waals surface area contributed by atoms with Crippen LogP contribution < -0.4 is 0 Å². The Morgan fingerprint density at radius 3 is 1.27 bits per heavy atom. The predicted molar refractivity (Wildman–Crippen MR) is 40.0 cm³/mol. The van der Waals surface area contributed by atoms with Crippen LogP contribution >= 0.6 is 30.3 Å². The van der Waals surface area contributed by atoms with E-state index in [1.807, 2.05) is 0 Å². The van der Waals surface area contributed by atoms with Gasteiger partial charge in [0, 0.05) is 13.8 Å². The topological polar surface area (TPSA) is 43.4 Å². The van der Waals surface area contributed by atoms with E-state index in [1.54, 1.807) is 0 Å². The minimum absolute atomic E-state index is 0.562. The van der Waals surface area contributed by atoms with E-state index in [0.29, 0.717) is 0 Å². The molecule has 0 heterocycles. The number of halogens is 3. The Bertz CT molecular complexity index is 124. The molecule has 7 heteroatoms. The molecule has 0 spiro atoms. The average molecular weight is 264 g/mol. The Kier molecular flexibility index (Phi) is 11.0. The van der Waals surface area contributed by atoms with Gasteiger partial charge in [0.15, 0.2) is 0 Å². The van der Waals surface area contributed by atoms with Crippen molar-refractivity contribution in [2.75, 3.05) is 0 Å². The van der Waals surface area contributed by atoms with Gasteiger partial charge in [0.1, 0.15) is 0 Å². The van der Waals surface area contributed by atoms with Gasteiger partial charge in [-0.25, -0.2) is 0 Å². The number of esters is 2. The van der Waals surface area contributed by atoms with Crippen LogP contribution in [0.3, 0.4) is 0 Å². The van der Waals surface area contributed by atoms with E-state index < -0.39 is 23.1 Å². The molecule has 0 aliphatic carbocycles. The molecule has 0 aliphatic rings. The molecule has 0 atom stereocenters. The van der Waals surface area contributed by atoms with Crippen LogP contribution in [0, 0.1) is 0 Å². The molecule has 69 valence electrons. The first-order valence-electron chi connectivity index (χ1n) is 2.22. The van der Waals surface area contributed by atoms with E-state index in [4.69, 9.17) is 30.3 Å². The molecule has 0 unspecified atom stereocenters. The second kappa shape index (κ2) is 8.62. The molecule has 0 aromatic heterocycles. The Hall–Kier alpha value is 0.529. The van der Waals surface area contributed by atoms with Crippen LogP contribution in [0.15, 0.2) is 0 Å². The summed E-state index contributed by atoms with van der Waals surface area (Å²) in [5.41, 5.74) is 0. The Morgan fingerprint density at radius 2 is 1.27 bits per heavy atom. The maximum absolute atomic E-state index is 9.81. The van der Waals surface area contributed by atoms with Crippen molar-refractivity contribution >= 4 is 42.2 Å². The van der Waals surface area contributed by atoms with E-state index in [-0.39, 0.29) is 0 Å². The van der Waals surface area contributed by atoms with Gasteiger partial charge in [-0.1, -0.05) is 0 Å². The van der Waals surface area contributed by atoms with Crippen LogP contribution in [-0.4, -0.2) is 11.9 Å². The van der Waals surface area contributed by atoms with Crippen molar-refractivity contribution in [2.45, 2.75) is 13.8 Å². The van der Waals surface area contributed by atoms with E-state index >= 15 is 0 Å². The fourth-order valence-electron chi connectivity index (χ4n) is 0.202. The van der Waals surface area contributed by atoms with Crippen molar-refractivity contribution in [3.8, 4) is 0 Å². The average Bonchev–Trinajstić information content (AvgIpc) is 1.56. The van der Waals surface area contributed by atoms with Crippen LogP contribution in [0.5, 0.6) is 0 Å². The van der Waals surface area contributed by atoms with Gasteiger partial charge in [-0.15, -0.1) is 0 Å². The summed E-state index contributed by atoms with van der Waals surface area (Å²) in [6.45, 7) is 2.36. The zero-order valence-corrected chi connectivity index (χ0v) is 9.08. The first-order chi connectivity index (χ1) is 4.86. The van der Waals surface area contributed by atoms with Gasteiger partial charge in [-0.2, -0.15) is 0 Å². The molecule has 3 nitrogen and oxygen atoms in total. The van der Waals surface area contributed by atoms with Gasteiger partial charge in [-0.05, 0) is 0 Å². The van der Waals surface area contributed by atoms with Crippen molar-refractivity contribution < 1.29 is 25.5 Å². The summed E-state index contributed by atoms with van der Waals surface area (Å²) in [4.78, 5) is 19.6. The Labute approximate surface area is 81.5 Å². The second-order valence-corrected chi connectivity index (χ2v) is 6.71. The fraction of sp³-hybridized carbons (Fsp3) is 0.500. The van der Waals surface area contributed by atoms with Gasteiger partial charge in [0.2, 0.25) is 0 Å². The van der Waals surface area contributed by atoms with Crippen LogP contribution in [-0.2, 0) is 25.5 Å². The molecule has 0 aliphatic heterocycles. The molecule has 11 heavy (non-hydrogen) atoms. The summed E-state index contributed by atoms with van der Waals surface area (Å²) in [6, 6.07) is 0. The van der Waals surface area contributed by atoms with E-state index in [2.05, 4.69) is 4.74 Å². The van der Waals surface area contributed by atoms with Gasteiger partial charge in [0.25, 0.3) is 0 Å². The van der Waals surface area contributed by atoms with Crippen molar-refractivity contribution in [1.29, 1.82) is 0 Å². The Balaban J connectivity index is 0. The molecule has 0 aromatic carbocycles. The van der Waals surface area contributed by atoms with Gasteiger partial charge in [0.05, 0.1) is 0 Å². The molecule has 0 bridgehead atoms. The number of hydrogen-bond acceptors (Lipinski definition) is 3. The fourth-order valence-corrected chi connectivity index (χ4v) is 0.202. The zero-order valence-electron chi connectivity index (χ0n) is 5.71. The molecule has 0 N–H and O–H groups in total. The van der Waals surface area contributed by atoms with Crippen LogP contribution in [0.25, 0.3) is 0 Å². The molecule has 0 aromatic rings. The zero-order chi connectivity index (χ0) is 9.44. The molecule has 0 radical (unpaired) electrons. The van der Waals surface area contributed by atoms with Crippen molar-refractivity contribution in [1.82, 2.24) is 0 Å². The second-order valence-electron chi connectivity index (χ2n) is 1.24.